The predicted molar refractivity (Wildman–Crippen MR) is 77.8 cm³/mol. The highest BCUT2D eigenvalue weighted by molar-refractivity contribution is 5.94. The number of aryl methyl sites for hydroxylation is 1. The lowest BCUT2D eigenvalue weighted by Crippen LogP contribution is -2.26. The third-order valence-electron chi connectivity index (χ3n) is 2.92. The molecular formula is C14H19N5O2. The van der Waals surface area contributed by atoms with Gasteiger partial charge in [-0.05, 0) is 18.1 Å². The van der Waals surface area contributed by atoms with Crippen molar-refractivity contribution in [3.05, 3.63) is 35.1 Å². The molecule has 0 aliphatic heterocycles. The summed E-state index contributed by atoms with van der Waals surface area (Å²) in [6.07, 6.45) is 0.515. The van der Waals surface area contributed by atoms with Gasteiger partial charge in [0.15, 0.2) is 5.82 Å². The summed E-state index contributed by atoms with van der Waals surface area (Å²) in [5.74, 6) is 1.46. The van der Waals surface area contributed by atoms with E-state index in [-0.39, 0.29) is 11.8 Å². The molecule has 7 nitrogen and oxygen atoms in total. The molecule has 0 radical (unpaired) electrons. The molecule has 0 aliphatic carbocycles. The minimum absolute atomic E-state index is 0.189. The topological polar surface area (TPSA) is 107 Å². The normalized spacial score (nSPS) is 10.9. The van der Waals surface area contributed by atoms with Gasteiger partial charge in [-0.3, -0.25) is 4.79 Å². The average molecular weight is 289 g/mol. The Morgan fingerprint density at radius 3 is 2.76 bits per heavy atom. The Labute approximate surface area is 122 Å². The van der Waals surface area contributed by atoms with E-state index in [1.54, 1.807) is 19.1 Å². The van der Waals surface area contributed by atoms with Crippen LogP contribution in [0.3, 0.4) is 0 Å². The van der Waals surface area contributed by atoms with Crippen molar-refractivity contribution < 1.29 is 9.32 Å². The summed E-state index contributed by atoms with van der Waals surface area (Å²) in [5, 5.41) is 6.58. The van der Waals surface area contributed by atoms with Gasteiger partial charge in [-0.2, -0.15) is 4.98 Å². The Morgan fingerprint density at radius 1 is 1.38 bits per heavy atom. The zero-order chi connectivity index (χ0) is 15.4. The number of nitrogens with one attached hydrogen (secondary N) is 1. The number of rotatable bonds is 5. The van der Waals surface area contributed by atoms with Crippen molar-refractivity contribution in [1.29, 1.82) is 0 Å². The second-order valence-electron chi connectivity index (χ2n) is 5.10. The van der Waals surface area contributed by atoms with E-state index in [1.807, 2.05) is 13.8 Å². The van der Waals surface area contributed by atoms with E-state index >= 15 is 0 Å². The lowest BCUT2D eigenvalue weighted by atomic mass is 10.1. The minimum Gasteiger partial charge on any atom is -0.384 e. The van der Waals surface area contributed by atoms with E-state index in [0.717, 1.165) is 5.69 Å². The van der Waals surface area contributed by atoms with Gasteiger partial charge in [-0.25, -0.2) is 4.98 Å². The van der Waals surface area contributed by atoms with Crippen LogP contribution < -0.4 is 11.1 Å². The number of carbonyl (C=O) groups excluding carboxylic acids is 1. The zero-order valence-corrected chi connectivity index (χ0v) is 12.4. The van der Waals surface area contributed by atoms with E-state index in [9.17, 15) is 4.79 Å². The van der Waals surface area contributed by atoms with Gasteiger partial charge in [0, 0.05) is 31.1 Å². The first-order valence-corrected chi connectivity index (χ1v) is 6.80. The summed E-state index contributed by atoms with van der Waals surface area (Å²) in [4.78, 5) is 20.4. The molecule has 21 heavy (non-hydrogen) atoms. The quantitative estimate of drug-likeness (QED) is 0.862. The first-order chi connectivity index (χ1) is 9.95. The molecule has 0 fully saturated rings. The van der Waals surface area contributed by atoms with Gasteiger partial charge in [0.05, 0.1) is 0 Å². The van der Waals surface area contributed by atoms with Crippen LogP contribution in [0.15, 0.2) is 16.7 Å². The van der Waals surface area contributed by atoms with Gasteiger partial charge in [0.25, 0.3) is 5.91 Å². The maximum atomic E-state index is 12.1. The van der Waals surface area contributed by atoms with Gasteiger partial charge in [-0.15, -0.1) is 0 Å². The third-order valence-corrected chi connectivity index (χ3v) is 2.92. The van der Waals surface area contributed by atoms with E-state index in [1.165, 1.54) is 0 Å². The summed E-state index contributed by atoms with van der Waals surface area (Å²) < 4.78 is 4.87. The van der Waals surface area contributed by atoms with Crippen LogP contribution in [-0.2, 0) is 6.42 Å². The van der Waals surface area contributed by atoms with E-state index in [4.69, 9.17) is 10.3 Å². The number of carbonyl (C=O) groups is 1. The third kappa shape index (κ3) is 4.01. The zero-order valence-electron chi connectivity index (χ0n) is 12.4. The van der Waals surface area contributed by atoms with Gasteiger partial charge < -0.3 is 15.6 Å². The van der Waals surface area contributed by atoms with Gasteiger partial charge in [0.2, 0.25) is 5.89 Å². The summed E-state index contributed by atoms with van der Waals surface area (Å²) in [5.41, 5.74) is 7.04. The van der Waals surface area contributed by atoms with E-state index < -0.39 is 0 Å². The fourth-order valence-electron chi connectivity index (χ4n) is 1.83. The van der Waals surface area contributed by atoms with Crippen molar-refractivity contribution in [2.24, 2.45) is 0 Å². The number of nitrogen functional groups attached to an aromatic ring is 1. The van der Waals surface area contributed by atoms with Crippen molar-refractivity contribution >= 4 is 11.7 Å². The molecule has 2 rings (SSSR count). The number of pyridine rings is 1. The molecule has 0 aliphatic rings. The number of nitrogens with two attached hydrogens (primary N) is 1. The summed E-state index contributed by atoms with van der Waals surface area (Å²) in [6, 6.07) is 3.33. The lowest BCUT2D eigenvalue weighted by molar-refractivity contribution is 0.0953. The van der Waals surface area contributed by atoms with Crippen molar-refractivity contribution in [3.8, 4) is 0 Å². The maximum absolute atomic E-state index is 12.1. The summed E-state index contributed by atoms with van der Waals surface area (Å²) in [6.45, 7) is 6.16. The molecule has 2 heterocycles. The Bertz CT molecular complexity index is 636. The van der Waals surface area contributed by atoms with Crippen LogP contribution in [0, 0.1) is 6.92 Å². The molecule has 0 aromatic carbocycles. The van der Waals surface area contributed by atoms with Gasteiger partial charge in [-0.1, -0.05) is 19.0 Å². The Kier molecular flexibility index (Phi) is 4.52. The van der Waals surface area contributed by atoms with Crippen LogP contribution >= 0.6 is 0 Å². The molecule has 1 amide bonds. The van der Waals surface area contributed by atoms with E-state index in [2.05, 4.69) is 20.4 Å². The number of amides is 1. The number of aromatic nitrogens is 3. The smallest absolute Gasteiger partial charge is 0.251 e. The molecule has 2 aromatic rings. The molecular weight excluding hydrogens is 270 g/mol. The molecule has 0 bridgehead atoms. The fraction of sp³-hybridized carbons (Fsp3) is 0.429. The molecule has 0 saturated heterocycles. The fourth-order valence-corrected chi connectivity index (χ4v) is 1.83. The summed E-state index contributed by atoms with van der Waals surface area (Å²) >= 11 is 0. The largest absolute Gasteiger partial charge is 0.384 e. The second-order valence-corrected chi connectivity index (χ2v) is 5.10. The van der Waals surface area contributed by atoms with Crippen LogP contribution in [0.4, 0.5) is 5.82 Å². The number of hydrogen-bond acceptors (Lipinski definition) is 6. The highest BCUT2D eigenvalue weighted by Gasteiger charge is 2.11. The Hall–Kier alpha value is -2.44. The van der Waals surface area contributed by atoms with Crippen LogP contribution in [0.2, 0.25) is 0 Å². The first kappa shape index (κ1) is 15.0. The van der Waals surface area contributed by atoms with Crippen LogP contribution in [-0.4, -0.2) is 27.6 Å². The van der Waals surface area contributed by atoms with Crippen molar-refractivity contribution in [3.63, 3.8) is 0 Å². The molecule has 2 aromatic heterocycles. The predicted octanol–water partition coefficient (Wildman–Crippen LogP) is 1.45. The first-order valence-electron chi connectivity index (χ1n) is 6.80. The number of nitrogens with zero attached hydrogens (tertiary/aromatic N) is 3. The monoisotopic (exact) mass is 289 g/mol. The van der Waals surface area contributed by atoms with Crippen molar-refractivity contribution in [2.75, 3.05) is 12.3 Å². The molecule has 0 spiro atoms. The standard InChI is InChI=1S/C14H19N5O2/c1-8(2)11-6-10(7-12(15)18-11)14(20)16-5-4-13-17-9(3)21-19-13/h6-8H,4-5H2,1-3H3,(H2,15,18)(H,16,20). The Morgan fingerprint density at radius 2 is 2.14 bits per heavy atom. The van der Waals surface area contributed by atoms with Gasteiger partial charge >= 0.3 is 0 Å². The van der Waals surface area contributed by atoms with E-state index in [0.29, 0.717) is 36.1 Å². The van der Waals surface area contributed by atoms with Crippen LogP contribution in [0.1, 0.15) is 47.5 Å². The van der Waals surface area contributed by atoms with Crippen LogP contribution in [0.5, 0.6) is 0 Å². The molecule has 112 valence electrons. The molecule has 7 heteroatoms. The van der Waals surface area contributed by atoms with Gasteiger partial charge in [0.1, 0.15) is 5.82 Å². The average Bonchev–Trinajstić information content (AvgIpc) is 2.83. The molecule has 0 unspecified atom stereocenters. The van der Waals surface area contributed by atoms with Crippen molar-refractivity contribution in [2.45, 2.75) is 33.1 Å². The van der Waals surface area contributed by atoms with Crippen LogP contribution in [0.25, 0.3) is 0 Å². The second kappa shape index (κ2) is 6.34. The molecule has 0 atom stereocenters. The maximum Gasteiger partial charge on any atom is 0.251 e. The number of anilines is 1. The lowest BCUT2D eigenvalue weighted by Gasteiger charge is -2.09. The highest BCUT2D eigenvalue weighted by Crippen LogP contribution is 2.15. The Balaban J connectivity index is 1.96. The van der Waals surface area contributed by atoms with Crippen molar-refractivity contribution in [1.82, 2.24) is 20.4 Å². The highest BCUT2D eigenvalue weighted by atomic mass is 16.5. The molecule has 0 saturated carbocycles. The molecule has 3 N–H and O–H groups in total. The SMILES string of the molecule is Cc1nc(CCNC(=O)c2cc(N)nc(C(C)C)c2)no1. The summed E-state index contributed by atoms with van der Waals surface area (Å²) in [7, 11) is 0. The minimum atomic E-state index is -0.189. The number of hydrogen-bond donors (Lipinski definition) is 2.